The Balaban J connectivity index is 1.68. The van der Waals surface area contributed by atoms with E-state index in [-0.39, 0.29) is 5.56 Å². The van der Waals surface area contributed by atoms with Crippen molar-refractivity contribution in [1.29, 1.82) is 0 Å². The summed E-state index contributed by atoms with van der Waals surface area (Å²) in [7, 11) is 0. The molecule has 0 unspecified atom stereocenters. The van der Waals surface area contributed by atoms with Gasteiger partial charge in [0.05, 0.1) is 5.56 Å². The predicted octanol–water partition coefficient (Wildman–Crippen LogP) is 5.06. The van der Waals surface area contributed by atoms with E-state index in [9.17, 15) is 4.79 Å². The number of rotatable bonds is 7. The van der Waals surface area contributed by atoms with E-state index in [1.807, 2.05) is 12.1 Å². The van der Waals surface area contributed by atoms with Gasteiger partial charge in [-0.05, 0) is 54.7 Å². The first kappa shape index (κ1) is 17.7. The molecule has 3 aromatic carbocycles. The lowest BCUT2D eigenvalue weighted by Gasteiger charge is -2.13. The van der Waals surface area contributed by atoms with Gasteiger partial charge >= 0.3 is 5.97 Å². The molecule has 3 rings (SSSR count). The van der Waals surface area contributed by atoms with Crippen LogP contribution in [0, 0.1) is 6.92 Å². The minimum Gasteiger partial charge on any atom is -0.489 e. The third kappa shape index (κ3) is 4.73. The molecule has 0 radical (unpaired) electrons. The number of carboxylic acid groups (broad SMARTS) is 1. The smallest absolute Gasteiger partial charge is 0.335 e. The van der Waals surface area contributed by atoms with Gasteiger partial charge in [-0.2, -0.15) is 0 Å². The zero-order chi connectivity index (χ0) is 18.4. The van der Waals surface area contributed by atoms with Gasteiger partial charge in [0.2, 0.25) is 0 Å². The second kappa shape index (κ2) is 8.34. The van der Waals surface area contributed by atoms with Crippen molar-refractivity contribution in [3.8, 4) is 5.75 Å². The van der Waals surface area contributed by atoms with Gasteiger partial charge in [-0.15, -0.1) is 0 Å². The molecule has 132 valence electrons. The van der Waals surface area contributed by atoms with E-state index in [0.717, 1.165) is 24.2 Å². The Bertz CT molecular complexity index is 868. The number of hydrogen-bond acceptors (Lipinski definition) is 2. The van der Waals surface area contributed by atoms with Crippen molar-refractivity contribution in [3.63, 3.8) is 0 Å². The quantitative estimate of drug-likeness (QED) is 0.650. The van der Waals surface area contributed by atoms with E-state index in [1.165, 1.54) is 16.7 Å². The minimum atomic E-state index is -0.917. The number of hydrogen-bond donors (Lipinski definition) is 1. The van der Waals surface area contributed by atoms with Crippen LogP contribution in [-0.4, -0.2) is 11.1 Å². The number of carboxylic acids is 1. The molecule has 0 aliphatic carbocycles. The van der Waals surface area contributed by atoms with E-state index in [2.05, 4.69) is 43.3 Å². The summed E-state index contributed by atoms with van der Waals surface area (Å²) in [6.07, 6.45) is 1.88. The lowest BCUT2D eigenvalue weighted by molar-refractivity contribution is 0.0697. The van der Waals surface area contributed by atoms with Crippen LogP contribution in [0.5, 0.6) is 5.75 Å². The highest BCUT2D eigenvalue weighted by atomic mass is 16.5. The van der Waals surface area contributed by atoms with Crippen molar-refractivity contribution in [1.82, 2.24) is 0 Å². The van der Waals surface area contributed by atoms with E-state index in [0.29, 0.717) is 6.61 Å². The molecule has 0 saturated carbocycles. The first-order valence-electron chi connectivity index (χ1n) is 8.70. The van der Waals surface area contributed by atoms with Gasteiger partial charge in [0, 0.05) is 0 Å². The van der Waals surface area contributed by atoms with E-state index in [4.69, 9.17) is 9.84 Å². The molecule has 0 spiro atoms. The first-order valence-corrected chi connectivity index (χ1v) is 8.70. The molecule has 26 heavy (non-hydrogen) atoms. The van der Waals surface area contributed by atoms with E-state index in [1.54, 1.807) is 24.3 Å². The summed E-state index contributed by atoms with van der Waals surface area (Å²) in [5, 5.41) is 8.97. The Kier molecular flexibility index (Phi) is 5.69. The normalized spacial score (nSPS) is 10.5. The van der Waals surface area contributed by atoms with Gasteiger partial charge in [-0.1, -0.05) is 60.2 Å². The highest BCUT2D eigenvalue weighted by Gasteiger charge is 2.07. The predicted molar refractivity (Wildman–Crippen MR) is 103 cm³/mol. The third-order valence-corrected chi connectivity index (χ3v) is 4.34. The fourth-order valence-electron chi connectivity index (χ4n) is 2.87. The van der Waals surface area contributed by atoms with Gasteiger partial charge in [-0.25, -0.2) is 4.79 Å². The monoisotopic (exact) mass is 346 g/mol. The van der Waals surface area contributed by atoms with Crippen LogP contribution in [0.4, 0.5) is 0 Å². The van der Waals surface area contributed by atoms with Crippen LogP contribution in [0.1, 0.15) is 32.6 Å². The van der Waals surface area contributed by atoms with Crippen molar-refractivity contribution in [2.75, 3.05) is 0 Å². The highest BCUT2D eigenvalue weighted by Crippen LogP contribution is 2.23. The number of benzene rings is 3. The molecule has 0 atom stereocenters. The average Bonchev–Trinajstić information content (AvgIpc) is 2.66. The molecule has 0 heterocycles. The van der Waals surface area contributed by atoms with Gasteiger partial charge < -0.3 is 9.84 Å². The fourth-order valence-corrected chi connectivity index (χ4v) is 2.87. The molecule has 0 saturated heterocycles. The van der Waals surface area contributed by atoms with E-state index >= 15 is 0 Å². The maximum absolute atomic E-state index is 10.9. The van der Waals surface area contributed by atoms with Crippen LogP contribution in [0.3, 0.4) is 0 Å². The molecule has 3 heteroatoms. The number of aryl methyl sites for hydroxylation is 3. The molecule has 0 bridgehead atoms. The Labute approximate surface area is 153 Å². The lowest BCUT2D eigenvalue weighted by Crippen LogP contribution is -2.02. The van der Waals surface area contributed by atoms with E-state index < -0.39 is 5.97 Å². The van der Waals surface area contributed by atoms with Crippen molar-refractivity contribution < 1.29 is 14.6 Å². The summed E-state index contributed by atoms with van der Waals surface area (Å²) in [6.45, 7) is 2.50. The minimum absolute atomic E-state index is 0.285. The van der Waals surface area contributed by atoms with Gasteiger partial charge in [-0.3, -0.25) is 0 Å². The molecular weight excluding hydrogens is 324 g/mol. The molecule has 0 aliphatic heterocycles. The summed E-state index contributed by atoms with van der Waals surface area (Å²) in [6, 6.07) is 23.5. The van der Waals surface area contributed by atoms with Crippen LogP contribution in [0.25, 0.3) is 0 Å². The SMILES string of the molecule is Cc1ccc(OCc2ccc(C(=O)O)cc2)c(CCc2ccccc2)c1. The van der Waals surface area contributed by atoms with Crippen molar-refractivity contribution in [3.05, 3.63) is 101 Å². The summed E-state index contributed by atoms with van der Waals surface area (Å²) < 4.78 is 6.02. The van der Waals surface area contributed by atoms with Crippen LogP contribution < -0.4 is 4.74 Å². The molecule has 3 aromatic rings. The molecular formula is C23H22O3. The second-order valence-electron chi connectivity index (χ2n) is 6.39. The largest absolute Gasteiger partial charge is 0.489 e. The van der Waals surface area contributed by atoms with Crippen LogP contribution in [0.2, 0.25) is 0 Å². The topological polar surface area (TPSA) is 46.5 Å². The summed E-state index contributed by atoms with van der Waals surface area (Å²) in [4.78, 5) is 10.9. The van der Waals surface area contributed by atoms with Gasteiger partial charge in [0.1, 0.15) is 12.4 Å². The number of aromatic carboxylic acids is 1. The van der Waals surface area contributed by atoms with Gasteiger partial charge in [0.25, 0.3) is 0 Å². The van der Waals surface area contributed by atoms with Crippen molar-refractivity contribution >= 4 is 5.97 Å². The molecule has 0 amide bonds. The first-order chi connectivity index (χ1) is 12.6. The zero-order valence-corrected chi connectivity index (χ0v) is 14.8. The molecule has 0 aliphatic rings. The Morgan fingerprint density at radius 3 is 2.31 bits per heavy atom. The average molecular weight is 346 g/mol. The highest BCUT2D eigenvalue weighted by molar-refractivity contribution is 5.87. The third-order valence-electron chi connectivity index (χ3n) is 4.34. The Hall–Kier alpha value is -3.07. The van der Waals surface area contributed by atoms with Gasteiger partial charge in [0.15, 0.2) is 0 Å². The van der Waals surface area contributed by atoms with Crippen LogP contribution >= 0.6 is 0 Å². The lowest BCUT2D eigenvalue weighted by atomic mass is 10.0. The zero-order valence-electron chi connectivity index (χ0n) is 14.8. The molecule has 3 nitrogen and oxygen atoms in total. The molecule has 0 fully saturated rings. The Morgan fingerprint density at radius 2 is 1.62 bits per heavy atom. The summed E-state index contributed by atoms with van der Waals surface area (Å²) >= 11 is 0. The number of ether oxygens (including phenoxy) is 1. The summed E-state index contributed by atoms with van der Waals surface area (Å²) in [5.41, 5.74) is 4.95. The fraction of sp³-hybridized carbons (Fsp3) is 0.174. The Morgan fingerprint density at radius 1 is 0.885 bits per heavy atom. The van der Waals surface area contributed by atoms with Crippen LogP contribution in [-0.2, 0) is 19.4 Å². The van der Waals surface area contributed by atoms with Crippen molar-refractivity contribution in [2.45, 2.75) is 26.4 Å². The summed E-state index contributed by atoms with van der Waals surface area (Å²) in [5.74, 6) is -0.0342. The molecule has 0 aromatic heterocycles. The number of carbonyl (C=O) groups is 1. The maximum Gasteiger partial charge on any atom is 0.335 e. The van der Waals surface area contributed by atoms with Crippen LogP contribution in [0.15, 0.2) is 72.8 Å². The molecule has 1 N–H and O–H groups in total. The standard InChI is InChI=1S/C23H22O3/c1-17-7-14-22(21(15-17)13-8-18-5-3-2-4-6-18)26-16-19-9-11-20(12-10-19)23(24)25/h2-7,9-12,14-15H,8,13,16H2,1H3,(H,24,25). The second-order valence-corrected chi connectivity index (χ2v) is 6.39. The maximum atomic E-state index is 10.9. The van der Waals surface area contributed by atoms with Crippen molar-refractivity contribution in [2.24, 2.45) is 0 Å².